The Hall–Kier alpha value is -1.75. The number of hydrogen-bond acceptors (Lipinski definition) is 5. The van der Waals surface area contributed by atoms with Crippen molar-refractivity contribution in [3.8, 4) is 17.2 Å². The highest BCUT2D eigenvalue weighted by Gasteiger charge is 2.42. The SMILES string of the molecule is CCCCCCCCCCCCCCCCCCCCCCCCCC1(O)Oc2cc(O)cc(O)c2CC1=O. The molecule has 1 aliphatic heterocycles. The first-order chi connectivity index (χ1) is 19.0. The first kappa shape index (κ1) is 33.5. The van der Waals surface area contributed by atoms with Crippen molar-refractivity contribution in [3.05, 3.63) is 17.7 Å². The number of ether oxygens (including phenoxy) is 1. The maximum absolute atomic E-state index is 12.4. The quantitative estimate of drug-likeness (QED) is 0.112. The number of carbonyl (C=O) groups excluding carboxylic acids is 1. The minimum absolute atomic E-state index is 0.0860. The fourth-order valence-corrected chi connectivity index (χ4v) is 5.76. The van der Waals surface area contributed by atoms with Gasteiger partial charge in [0.05, 0.1) is 0 Å². The zero-order valence-electron chi connectivity index (χ0n) is 25.0. The second-order valence-corrected chi connectivity index (χ2v) is 12.0. The third kappa shape index (κ3) is 13.9. The molecule has 0 saturated carbocycles. The van der Waals surface area contributed by atoms with E-state index in [1.54, 1.807) is 0 Å². The molecule has 2 rings (SSSR count). The van der Waals surface area contributed by atoms with Crippen molar-refractivity contribution in [2.45, 2.75) is 173 Å². The summed E-state index contributed by atoms with van der Waals surface area (Å²) in [6, 6.07) is 2.52. The summed E-state index contributed by atoms with van der Waals surface area (Å²) in [6.07, 6.45) is 30.7. The predicted octanol–water partition coefficient (Wildman–Crippen LogP) is 9.67. The number of aromatic hydroxyl groups is 2. The number of fused-ring (bicyclic) bond motifs is 1. The summed E-state index contributed by atoms with van der Waals surface area (Å²) < 4.78 is 5.53. The number of carbonyl (C=O) groups is 1. The maximum atomic E-state index is 12.4. The van der Waals surface area contributed by atoms with E-state index >= 15 is 0 Å². The lowest BCUT2D eigenvalue weighted by atomic mass is 9.93. The number of ketones is 1. The monoisotopic (exact) mass is 546 g/mol. The summed E-state index contributed by atoms with van der Waals surface area (Å²) in [7, 11) is 0. The summed E-state index contributed by atoms with van der Waals surface area (Å²) in [6.45, 7) is 2.28. The molecule has 1 heterocycles. The number of phenols is 2. The van der Waals surface area contributed by atoms with Gasteiger partial charge in [-0.25, -0.2) is 0 Å². The molecule has 0 aliphatic carbocycles. The van der Waals surface area contributed by atoms with Crippen LogP contribution in [0.4, 0.5) is 0 Å². The molecule has 1 aromatic rings. The van der Waals surface area contributed by atoms with Crippen LogP contribution in [0.25, 0.3) is 0 Å². The molecule has 0 radical (unpaired) electrons. The van der Waals surface area contributed by atoms with Crippen LogP contribution in [0.15, 0.2) is 12.1 Å². The van der Waals surface area contributed by atoms with Crippen LogP contribution < -0.4 is 4.74 Å². The Balaban J connectivity index is 1.33. The number of hydrogen-bond donors (Lipinski definition) is 3. The Kier molecular flexibility index (Phi) is 17.3. The minimum Gasteiger partial charge on any atom is -0.508 e. The first-order valence-electron chi connectivity index (χ1n) is 16.5. The Morgan fingerprint density at radius 3 is 1.44 bits per heavy atom. The van der Waals surface area contributed by atoms with Crippen molar-refractivity contribution in [3.63, 3.8) is 0 Å². The molecule has 0 amide bonds. The normalized spacial score (nSPS) is 16.8. The Labute approximate surface area is 238 Å². The van der Waals surface area contributed by atoms with E-state index in [0.717, 1.165) is 12.8 Å². The van der Waals surface area contributed by atoms with Crippen molar-refractivity contribution >= 4 is 5.78 Å². The lowest BCUT2D eigenvalue weighted by Crippen LogP contribution is -2.48. The second kappa shape index (κ2) is 20.2. The molecule has 5 heteroatoms. The zero-order chi connectivity index (χ0) is 28.2. The van der Waals surface area contributed by atoms with Gasteiger partial charge >= 0.3 is 0 Å². The fourth-order valence-electron chi connectivity index (χ4n) is 5.76. The van der Waals surface area contributed by atoms with Gasteiger partial charge in [-0.2, -0.15) is 0 Å². The van der Waals surface area contributed by atoms with Crippen LogP contribution in [0.1, 0.15) is 167 Å². The highest BCUT2D eigenvalue weighted by Crippen LogP contribution is 2.40. The van der Waals surface area contributed by atoms with E-state index in [0.29, 0.717) is 12.0 Å². The molecule has 0 fully saturated rings. The molecule has 0 saturated heterocycles. The van der Waals surface area contributed by atoms with Crippen LogP contribution in [0, 0.1) is 0 Å². The average molecular weight is 547 g/mol. The molecule has 39 heavy (non-hydrogen) atoms. The second-order valence-electron chi connectivity index (χ2n) is 12.0. The molecular formula is C34H58O5. The Morgan fingerprint density at radius 2 is 1.03 bits per heavy atom. The van der Waals surface area contributed by atoms with E-state index in [2.05, 4.69) is 6.92 Å². The number of Topliss-reactive ketones (excluding diaryl/α,β-unsaturated/α-hetero) is 1. The Morgan fingerprint density at radius 1 is 0.641 bits per heavy atom. The lowest BCUT2D eigenvalue weighted by molar-refractivity contribution is -0.178. The fraction of sp³-hybridized carbons (Fsp3) is 0.794. The van der Waals surface area contributed by atoms with Crippen molar-refractivity contribution in [1.82, 2.24) is 0 Å². The van der Waals surface area contributed by atoms with Crippen LogP contribution in [0.3, 0.4) is 0 Å². The largest absolute Gasteiger partial charge is 0.508 e. The standard InChI is InChI=1S/C34H58O5/c1-2-3-4-5-6-7-8-9-10-11-12-13-14-15-16-17-18-19-20-21-22-23-24-25-34(38)33(37)28-30-31(36)26-29(35)27-32(30)39-34/h26-27,35-36,38H,2-25,28H2,1H3. The molecule has 0 spiro atoms. The summed E-state index contributed by atoms with van der Waals surface area (Å²) >= 11 is 0. The number of aliphatic hydroxyl groups is 1. The molecule has 5 nitrogen and oxygen atoms in total. The van der Waals surface area contributed by atoms with Crippen molar-refractivity contribution < 1.29 is 24.9 Å². The number of benzene rings is 1. The summed E-state index contributed by atoms with van der Waals surface area (Å²) in [5.41, 5.74) is 0.326. The molecule has 224 valence electrons. The van der Waals surface area contributed by atoms with Gasteiger partial charge in [0.25, 0.3) is 5.79 Å². The average Bonchev–Trinajstić information content (AvgIpc) is 2.90. The predicted molar refractivity (Wildman–Crippen MR) is 161 cm³/mol. The van der Waals surface area contributed by atoms with E-state index in [1.807, 2.05) is 0 Å². The van der Waals surface area contributed by atoms with Gasteiger partial charge in [-0.3, -0.25) is 4.79 Å². The van der Waals surface area contributed by atoms with Crippen molar-refractivity contribution in [1.29, 1.82) is 0 Å². The van der Waals surface area contributed by atoms with Crippen LogP contribution in [0.2, 0.25) is 0 Å². The van der Waals surface area contributed by atoms with Gasteiger partial charge < -0.3 is 20.1 Å². The van der Waals surface area contributed by atoms with Gasteiger partial charge in [0.15, 0.2) is 0 Å². The van der Waals surface area contributed by atoms with Crippen molar-refractivity contribution in [2.75, 3.05) is 0 Å². The molecular weight excluding hydrogens is 488 g/mol. The molecule has 1 atom stereocenters. The summed E-state index contributed by atoms with van der Waals surface area (Å²) in [4.78, 5) is 12.4. The van der Waals surface area contributed by atoms with E-state index in [1.165, 1.54) is 141 Å². The van der Waals surface area contributed by atoms with Gasteiger partial charge in [-0.05, 0) is 6.42 Å². The molecule has 0 bridgehead atoms. The summed E-state index contributed by atoms with van der Waals surface area (Å²) in [5, 5.41) is 30.3. The van der Waals surface area contributed by atoms with Gasteiger partial charge in [0, 0.05) is 30.5 Å². The molecule has 0 aromatic heterocycles. The third-order valence-corrected chi connectivity index (χ3v) is 8.34. The van der Waals surface area contributed by atoms with Gasteiger partial charge in [-0.15, -0.1) is 0 Å². The zero-order valence-corrected chi connectivity index (χ0v) is 25.0. The minimum atomic E-state index is -1.86. The molecule has 1 unspecified atom stereocenters. The first-order valence-corrected chi connectivity index (χ1v) is 16.5. The topological polar surface area (TPSA) is 87.0 Å². The highest BCUT2D eigenvalue weighted by molar-refractivity contribution is 5.90. The van der Waals surface area contributed by atoms with Crippen LogP contribution in [-0.4, -0.2) is 26.9 Å². The maximum Gasteiger partial charge on any atom is 0.268 e. The summed E-state index contributed by atoms with van der Waals surface area (Å²) in [5.74, 6) is -2.44. The van der Waals surface area contributed by atoms with Crippen LogP contribution >= 0.6 is 0 Å². The van der Waals surface area contributed by atoms with Crippen LogP contribution in [0.5, 0.6) is 17.2 Å². The number of rotatable bonds is 24. The van der Waals surface area contributed by atoms with E-state index in [9.17, 15) is 20.1 Å². The van der Waals surface area contributed by atoms with Crippen LogP contribution in [-0.2, 0) is 11.2 Å². The number of phenolic OH excluding ortho intramolecular Hbond substituents is 2. The van der Waals surface area contributed by atoms with E-state index in [-0.39, 0.29) is 30.1 Å². The van der Waals surface area contributed by atoms with Gasteiger partial charge in [-0.1, -0.05) is 148 Å². The van der Waals surface area contributed by atoms with E-state index in [4.69, 9.17) is 4.74 Å². The molecule has 1 aromatic carbocycles. The van der Waals surface area contributed by atoms with Gasteiger partial charge in [0.2, 0.25) is 5.78 Å². The smallest absolute Gasteiger partial charge is 0.268 e. The lowest BCUT2D eigenvalue weighted by Gasteiger charge is -2.33. The van der Waals surface area contributed by atoms with Crippen molar-refractivity contribution in [2.24, 2.45) is 0 Å². The molecule has 3 N–H and O–H groups in total. The van der Waals surface area contributed by atoms with E-state index < -0.39 is 11.6 Å². The van der Waals surface area contributed by atoms with Gasteiger partial charge in [0.1, 0.15) is 17.2 Å². The third-order valence-electron chi connectivity index (χ3n) is 8.34. The molecule has 1 aliphatic rings. The Bertz CT molecular complexity index is 792. The number of unbranched alkanes of at least 4 members (excludes halogenated alkanes) is 22. The highest BCUT2D eigenvalue weighted by atomic mass is 16.6.